The van der Waals surface area contributed by atoms with Gasteiger partial charge < -0.3 is 10.1 Å². The van der Waals surface area contributed by atoms with Gasteiger partial charge >= 0.3 is 6.18 Å². The molecular formula is C18H16F3NO2. The molecule has 0 radical (unpaired) electrons. The number of hydrogen-bond donors (Lipinski definition) is 1. The van der Waals surface area contributed by atoms with Crippen LogP contribution in [0.4, 0.5) is 18.9 Å². The van der Waals surface area contributed by atoms with Crippen molar-refractivity contribution in [3.8, 4) is 5.75 Å². The predicted molar refractivity (Wildman–Crippen MR) is 86.1 cm³/mol. The Morgan fingerprint density at radius 2 is 1.83 bits per heavy atom. The number of hydrogen-bond acceptors (Lipinski definition) is 3. The summed E-state index contributed by atoms with van der Waals surface area (Å²) in [5.41, 5.74) is 0.373. The number of allylic oxidation sites excluding steroid dienone is 2. The first kappa shape index (κ1) is 17.6. The van der Waals surface area contributed by atoms with E-state index in [9.17, 15) is 18.0 Å². The minimum absolute atomic E-state index is 0.261. The summed E-state index contributed by atoms with van der Waals surface area (Å²) < 4.78 is 43.2. The SMILES string of the molecule is COc1cccc(C(=O)C=C(C)Nc2cccc(C(F)(F)F)c2)c1. The number of methoxy groups -OCH3 is 1. The summed E-state index contributed by atoms with van der Waals surface area (Å²) in [5, 5.41) is 2.79. The van der Waals surface area contributed by atoms with Crippen LogP contribution in [0.25, 0.3) is 0 Å². The van der Waals surface area contributed by atoms with Gasteiger partial charge in [-0.25, -0.2) is 0 Å². The van der Waals surface area contributed by atoms with Crippen molar-refractivity contribution in [2.75, 3.05) is 12.4 Å². The first-order chi connectivity index (χ1) is 11.3. The van der Waals surface area contributed by atoms with Crippen LogP contribution in [0.1, 0.15) is 22.8 Å². The van der Waals surface area contributed by atoms with Gasteiger partial charge in [-0.1, -0.05) is 18.2 Å². The van der Waals surface area contributed by atoms with E-state index in [4.69, 9.17) is 4.74 Å². The van der Waals surface area contributed by atoms with Crippen LogP contribution in [0.3, 0.4) is 0 Å². The molecule has 3 nitrogen and oxygen atoms in total. The Hall–Kier alpha value is -2.76. The third-order valence-corrected chi connectivity index (χ3v) is 3.23. The maximum absolute atomic E-state index is 12.7. The van der Waals surface area contributed by atoms with E-state index in [0.717, 1.165) is 12.1 Å². The highest BCUT2D eigenvalue weighted by molar-refractivity contribution is 6.05. The first-order valence-electron chi connectivity index (χ1n) is 7.10. The first-order valence-corrected chi connectivity index (χ1v) is 7.10. The zero-order valence-corrected chi connectivity index (χ0v) is 13.1. The second-order valence-corrected chi connectivity index (χ2v) is 5.13. The Morgan fingerprint density at radius 3 is 2.50 bits per heavy atom. The monoisotopic (exact) mass is 335 g/mol. The molecule has 6 heteroatoms. The van der Waals surface area contributed by atoms with Crippen molar-refractivity contribution in [2.45, 2.75) is 13.1 Å². The third kappa shape index (κ3) is 4.62. The molecule has 0 aliphatic carbocycles. The van der Waals surface area contributed by atoms with Gasteiger partial charge in [-0.05, 0) is 37.3 Å². The maximum atomic E-state index is 12.7. The van der Waals surface area contributed by atoms with Gasteiger partial charge in [0.2, 0.25) is 0 Å². The van der Waals surface area contributed by atoms with E-state index in [1.165, 1.54) is 25.3 Å². The van der Waals surface area contributed by atoms with E-state index in [1.807, 2.05) is 0 Å². The van der Waals surface area contributed by atoms with Crippen LogP contribution in [0.15, 0.2) is 60.3 Å². The van der Waals surface area contributed by atoms with Crippen molar-refractivity contribution in [3.05, 3.63) is 71.4 Å². The number of ketones is 1. The average molecular weight is 335 g/mol. The van der Waals surface area contributed by atoms with Crippen LogP contribution >= 0.6 is 0 Å². The summed E-state index contributed by atoms with van der Waals surface area (Å²) >= 11 is 0. The summed E-state index contributed by atoms with van der Waals surface area (Å²) in [6.07, 6.45) is -3.08. The van der Waals surface area contributed by atoms with E-state index in [1.54, 1.807) is 31.2 Å². The fourth-order valence-electron chi connectivity index (χ4n) is 2.09. The highest BCUT2D eigenvalue weighted by Crippen LogP contribution is 2.30. The summed E-state index contributed by atoms with van der Waals surface area (Å²) in [7, 11) is 1.50. The van der Waals surface area contributed by atoms with Gasteiger partial charge in [0.25, 0.3) is 0 Å². The van der Waals surface area contributed by atoms with Gasteiger partial charge in [-0.15, -0.1) is 0 Å². The van der Waals surface area contributed by atoms with Crippen molar-refractivity contribution in [1.82, 2.24) is 0 Å². The van der Waals surface area contributed by atoms with Crippen LogP contribution in [0.2, 0.25) is 0 Å². The Bertz CT molecular complexity index is 767. The molecule has 0 spiro atoms. The number of rotatable bonds is 5. The molecule has 0 fully saturated rings. The molecule has 24 heavy (non-hydrogen) atoms. The van der Waals surface area contributed by atoms with Gasteiger partial charge in [-0.2, -0.15) is 13.2 Å². The number of benzene rings is 2. The zero-order chi connectivity index (χ0) is 17.7. The van der Waals surface area contributed by atoms with E-state index < -0.39 is 11.7 Å². The molecular weight excluding hydrogens is 319 g/mol. The van der Waals surface area contributed by atoms with Crippen LogP contribution < -0.4 is 10.1 Å². The van der Waals surface area contributed by atoms with Crippen molar-refractivity contribution in [1.29, 1.82) is 0 Å². The number of carbonyl (C=O) groups excluding carboxylic acids is 1. The fourth-order valence-corrected chi connectivity index (χ4v) is 2.09. The minimum Gasteiger partial charge on any atom is -0.497 e. The normalized spacial score (nSPS) is 12.0. The molecule has 0 bridgehead atoms. The Morgan fingerprint density at radius 1 is 1.12 bits per heavy atom. The summed E-state index contributed by atoms with van der Waals surface area (Å²) in [6, 6.07) is 11.4. The molecule has 0 aliphatic heterocycles. The lowest BCUT2D eigenvalue weighted by Gasteiger charge is -2.11. The highest BCUT2D eigenvalue weighted by Gasteiger charge is 2.30. The zero-order valence-electron chi connectivity index (χ0n) is 13.1. The van der Waals surface area contributed by atoms with Gasteiger partial charge in [0.05, 0.1) is 12.7 Å². The molecule has 126 valence electrons. The summed E-state index contributed by atoms with van der Waals surface area (Å²) in [4.78, 5) is 12.2. The second-order valence-electron chi connectivity index (χ2n) is 5.13. The van der Waals surface area contributed by atoms with Gasteiger partial charge in [0.15, 0.2) is 5.78 Å². The largest absolute Gasteiger partial charge is 0.497 e. The summed E-state index contributed by atoms with van der Waals surface area (Å²) in [5.74, 6) is 0.281. The molecule has 0 aromatic heterocycles. The van der Waals surface area contributed by atoms with Crippen LogP contribution in [0.5, 0.6) is 5.75 Å². The fraction of sp³-hybridized carbons (Fsp3) is 0.167. The van der Waals surface area contributed by atoms with E-state index in [-0.39, 0.29) is 11.5 Å². The predicted octanol–water partition coefficient (Wildman–Crippen LogP) is 4.91. The van der Waals surface area contributed by atoms with Crippen molar-refractivity contribution in [2.24, 2.45) is 0 Å². The molecule has 0 saturated heterocycles. The minimum atomic E-state index is -4.41. The molecule has 2 aromatic rings. The smallest absolute Gasteiger partial charge is 0.416 e. The number of halogens is 3. The van der Waals surface area contributed by atoms with E-state index in [2.05, 4.69) is 5.32 Å². The quantitative estimate of drug-likeness (QED) is 0.623. The lowest BCUT2D eigenvalue weighted by Crippen LogP contribution is -2.06. The molecule has 0 unspecified atom stereocenters. The molecule has 2 rings (SSSR count). The standard InChI is InChI=1S/C18H16F3NO2/c1-12(9-17(23)13-5-3-8-16(10-13)24-2)22-15-7-4-6-14(11-15)18(19,20)21/h3-11,22H,1-2H3. The molecule has 0 saturated carbocycles. The van der Waals surface area contributed by atoms with Gasteiger partial charge in [0, 0.05) is 23.0 Å². The van der Waals surface area contributed by atoms with Crippen molar-refractivity contribution < 1.29 is 22.7 Å². The van der Waals surface area contributed by atoms with E-state index >= 15 is 0 Å². The lowest BCUT2D eigenvalue weighted by molar-refractivity contribution is -0.137. The number of carbonyl (C=O) groups is 1. The Balaban J connectivity index is 2.15. The molecule has 0 heterocycles. The van der Waals surface area contributed by atoms with Gasteiger partial charge in [0.1, 0.15) is 5.75 Å². The molecule has 0 amide bonds. The Kier molecular flexibility index (Phi) is 5.28. The third-order valence-electron chi connectivity index (χ3n) is 3.23. The lowest BCUT2D eigenvalue weighted by atomic mass is 10.1. The van der Waals surface area contributed by atoms with Crippen LogP contribution in [-0.4, -0.2) is 12.9 Å². The highest BCUT2D eigenvalue weighted by atomic mass is 19.4. The van der Waals surface area contributed by atoms with Crippen molar-refractivity contribution >= 4 is 11.5 Å². The van der Waals surface area contributed by atoms with Crippen LogP contribution in [-0.2, 0) is 6.18 Å². The Labute approximate surface area is 137 Å². The number of nitrogens with one attached hydrogen (secondary N) is 1. The summed E-state index contributed by atoms with van der Waals surface area (Å²) in [6.45, 7) is 1.61. The molecule has 0 atom stereocenters. The molecule has 2 aromatic carbocycles. The van der Waals surface area contributed by atoms with Crippen molar-refractivity contribution in [3.63, 3.8) is 0 Å². The number of alkyl halides is 3. The number of ether oxygens (including phenoxy) is 1. The van der Waals surface area contributed by atoms with Gasteiger partial charge in [-0.3, -0.25) is 4.79 Å². The average Bonchev–Trinajstić information content (AvgIpc) is 2.54. The topological polar surface area (TPSA) is 38.3 Å². The van der Waals surface area contributed by atoms with Crippen LogP contribution in [0, 0.1) is 0 Å². The number of anilines is 1. The maximum Gasteiger partial charge on any atom is 0.416 e. The molecule has 1 N–H and O–H groups in total. The van der Waals surface area contributed by atoms with E-state index in [0.29, 0.717) is 17.0 Å². The second kappa shape index (κ2) is 7.21. The molecule has 0 aliphatic rings.